The number of hydrogen-bond donors (Lipinski definition) is 3. The zero-order valence-corrected chi connectivity index (χ0v) is 10.3. The first-order valence-corrected chi connectivity index (χ1v) is 5.61. The van der Waals surface area contributed by atoms with E-state index in [4.69, 9.17) is 5.11 Å². The van der Waals surface area contributed by atoms with Gasteiger partial charge in [0.1, 0.15) is 5.82 Å². The van der Waals surface area contributed by atoms with Gasteiger partial charge in [0.25, 0.3) is 0 Å². The van der Waals surface area contributed by atoms with Crippen molar-refractivity contribution in [3.63, 3.8) is 0 Å². The second-order valence-corrected chi connectivity index (χ2v) is 4.56. The molecular weight excluding hydrogens is 230 g/mol. The number of benzene rings is 1. The van der Waals surface area contributed by atoms with E-state index in [-0.39, 0.29) is 0 Å². The number of rotatable bonds is 3. The van der Waals surface area contributed by atoms with E-state index < -0.39 is 11.6 Å². The first-order valence-electron chi connectivity index (χ1n) is 5.61. The van der Waals surface area contributed by atoms with Crippen molar-refractivity contribution in [3.8, 4) is 11.3 Å². The molecule has 0 aliphatic carbocycles. The van der Waals surface area contributed by atoms with E-state index in [1.54, 1.807) is 20.0 Å². The van der Waals surface area contributed by atoms with Crippen LogP contribution >= 0.6 is 0 Å². The van der Waals surface area contributed by atoms with Crippen LogP contribution in [0.4, 0.5) is 4.79 Å². The topological polar surface area (TPSA) is 78.0 Å². The molecule has 0 aliphatic rings. The Labute approximate surface area is 105 Å². The van der Waals surface area contributed by atoms with Gasteiger partial charge in [0.15, 0.2) is 0 Å². The van der Waals surface area contributed by atoms with Crippen LogP contribution in [0.15, 0.2) is 36.5 Å². The Morgan fingerprint density at radius 3 is 2.61 bits per heavy atom. The normalized spacial score (nSPS) is 11.2. The number of aromatic amines is 1. The Balaban J connectivity index is 2.28. The summed E-state index contributed by atoms with van der Waals surface area (Å²) in [6.45, 7) is 3.52. The minimum Gasteiger partial charge on any atom is -0.465 e. The van der Waals surface area contributed by atoms with Crippen LogP contribution in [0.25, 0.3) is 11.3 Å². The molecule has 5 heteroatoms. The van der Waals surface area contributed by atoms with Crippen molar-refractivity contribution < 1.29 is 9.90 Å². The molecule has 0 radical (unpaired) electrons. The summed E-state index contributed by atoms with van der Waals surface area (Å²) >= 11 is 0. The van der Waals surface area contributed by atoms with Gasteiger partial charge >= 0.3 is 6.09 Å². The average molecular weight is 245 g/mol. The van der Waals surface area contributed by atoms with E-state index in [1.165, 1.54) is 0 Å². The van der Waals surface area contributed by atoms with Crippen LogP contribution in [-0.4, -0.2) is 21.2 Å². The monoisotopic (exact) mass is 245 g/mol. The number of aromatic nitrogens is 2. The lowest BCUT2D eigenvalue weighted by molar-refractivity contribution is 0.181. The number of nitrogens with zero attached hydrogens (tertiary/aromatic N) is 1. The fraction of sp³-hybridized carbons (Fsp3) is 0.231. The van der Waals surface area contributed by atoms with Crippen LogP contribution in [-0.2, 0) is 5.54 Å². The Bertz CT molecular complexity index is 546. The van der Waals surface area contributed by atoms with Gasteiger partial charge in [0.2, 0.25) is 0 Å². The lowest BCUT2D eigenvalue weighted by Crippen LogP contribution is -2.40. The lowest BCUT2D eigenvalue weighted by atomic mass is 10.1. The molecule has 0 unspecified atom stereocenters. The number of hydrogen-bond acceptors (Lipinski definition) is 2. The van der Waals surface area contributed by atoms with Crippen LogP contribution in [0.1, 0.15) is 19.7 Å². The molecule has 0 spiro atoms. The molecule has 2 aromatic rings. The second-order valence-electron chi connectivity index (χ2n) is 4.56. The number of amides is 1. The van der Waals surface area contributed by atoms with Crippen molar-refractivity contribution in [2.75, 3.05) is 0 Å². The number of H-pyrrole nitrogens is 1. The van der Waals surface area contributed by atoms with Crippen LogP contribution in [0.5, 0.6) is 0 Å². The predicted octanol–water partition coefficient (Wildman–Crippen LogP) is 2.58. The highest BCUT2D eigenvalue weighted by Crippen LogP contribution is 2.21. The van der Waals surface area contributed by atoms with Crippen LogP contribution in [0, 0.1) is 0 Å². The van der Waals surface area contributed by atoms with Crippen molar-refractivity contribution in [3.05, 3.63) is 42.4 Å². The fourth-order valence-electron chi connectivity index (χ4n) is 1.73. The molecule has 0 bridgehead atoms. The van der Waals surface area contributed by atoms with E-state index in [9.17, 15) is 4.79 Å². The summed E-state index contributed by atoms with van der Waals surface area (Å²) in [6.07, 6.45) is 0.702. The van der Waals surface area contributed by atoms with Crippen LogP contribution < -0.4 is 5.32 Å². The van der Waals surface area contributed by atoms with Gasteiger partial charge < -0.3 is 15.4 Å². The Morgan fingerprint density at radius 2 is 2.00 bits per heavy atom. The average Bonchev–Trinajstić information content (AvgIpc) is 2.78. The quantitative estimate of drug-likeness (QED) is 0.777. The number of carboxylic acid groups (broad SMARTS) is 1. The largest absolute Gasteiger partial charge is 0.465 e. The van der Waals surface area contributed by atoms with Gasteiger partial charge in [-0.3, -0.25) is 0 Å². The summed E-state index contributed by atoms with van der Waals surface area (Å²) in [7, 11) is 0. The van der Waals surface area contributed by atoms with E-state index in [0.717, 1.165) is 11.3 Å². The summed E-state index contributed by atoms with van der Waals surface area (Å²) in [5.41, 5.74) is 1.04. The van der Waals surface area contributed by atoms with Crippen molar-refractivity contribution in [2.45, 2.75) is 19.4 Å². The van der Waals surface area contributed by atoms with Gasteiger partial charge in [-0.05, 0) is 13.8 Å². The van der Waals surface area contributed by atoms with E-state index >= 15 is 0 Å². The van der Waals surface area contributed by atoms with E-state index in [1.807, 2.05) is 30.3 Å². The molecule has 0 saturated carbocycles. The number of nitrogens with one attached hydrogen (secondary N) is 2. The van der Waals surface area contributed by atoms with Crippen LogP contribution in [0.3, 0.4) is 0 Å². The molecule has 1 heterocycles. The third kappa shape index (κ3) is 2.51. The summed E-state index contributed by atoms with van der Waals surface area (Å²) in [5.74, 6) is 0.587. The summed E-state index contributed by atoms with van der Waals surface area (Å²) in [6, 6.07) is 9.72. The van der Waals surface area contributed by atoms with Gasteiger partial charge in [-0.1, -0.05) is 30.3 Å². The highest BCUT2D eigenvalue weighted by atomic mass is 16.4. The zero-order chi connectivity index (χ0) is 13.2. The third-order valence-electron chi connectivity index (χ3n) is 2.66. The molecule has 2 rings (SSSR count). The van der Waals surface area contributed by atoms with Crippen LogP contribution in [0.2, 0.25) is 0 Å². The maximum atomic E-state index is 10.7. The van der Waals surface area contributed by atoms with E-state index in [0.29, 0.717) is 5.82 Å². The Kier molecular flexibility index (Phi) is 3.06. The Hall–Kier alpha value is -2.30. The molecule has 1 aromatic carbocycles. The van der Waals surface area contributed by atoms with Crippen molar-refractivity contribution in [1.82, 2.24) is 15.3 Å². The third-order valence-corrected chi connectivity index (χ3v) is 2.66. The molecule has 0 aliphatic heterocycles. The zero-order valence-electron chi connectivity index (χ0n) is 10.3. The molecule has 3 N–H and O–H groups in total. The minimum atomic E-state index is -1.07. The molecule has 0 fully saturated rings. The lowest BCUT2D eigenvalue weighted by Gasteiger charge is -2.21. The van der Waals surface area contributed by atoms with Gasteiger partial charge in [-0.25, -0.2) is 9.78 Å². The molecule has 0 saturated heterocycles. The first-order chi connectivity index (χ1) is 8.49. The summed E-state index contributed by atoms with van der Waals surface area (Å²) in [4.78, 5) is 18.1. The molecular formula is C13H15N3O2. The van der Waals surface area contributed by atoms with Gasteiger partial charge in [0, 0.05) is 11.8 Å². The molecule has 1 aromatic heterocycles. The van der Waals surface area contributed by atoms with Gasteiger partial charge in [-0.2, -0.15) is 0 Å². The highest BCUT2D eigenvalue weighted by Gasteiger charge is 2.26. The fourth-order valence-corrected chi connectivity index (χ4v) is 1.73. The molecule has 5 nitrogen and oxygen atoms in total. The van der Waals surface area contributed by atoms with Crippen molar-refractivity contribution in [2.24, 2.45) is 0 Å². The molecule has 18 heavy (non-hydrogen) atoms. The molecule has 94 valence electrons. The molecule has 1 amide bonds. The number of carbonyl (C=O) groups is 1. The minimum absolute atomic E-state index is 0.587. The number of imidazole rings is 1. The molecule has 0 atom stereocenters. The standard InChI is InChI=1S/C13H15N3O2/c1-13(2,16-12(17)18)11-14-8-10(15-11)9-6-4-3-5-7-9/h3-8,16H,1-2H3,(H,14,15)(H,17,18). The van der Waals surface area contributed by atoms with Crippen molar-refractivity contribution >= 4 is 6.09 Å². The second kappa shape index (κ2) is 4.52. The predicted molar refractivity (Wildman–Crippen MR) is 68.2 cm³/mol. The summed E-state index contributed by atoms with van der Waals surface area (Å²) < 4.78 is 0. The van der Waals surface area contributed by atoms with Crippen molar-refractivity contribution in [1.29, 1.82) is 0 Å². The Morgan fingerprint density at radius 1 is 1.33 bits per heavy atom. The maximum absolute atomic E-state index is 10.7. The van der Waals surface area contributed by atoms with Gasteiger partial charge in [-0.15, -0.1) is 0 Å². The SMILES string of the molecule is CC(C)(NC(=O)O)c1nc(-c2ccccc2)c[nH]1. The van der Waals surface area contributed by atoms with E-state index in [2.05, 4.69) is 15.3 Å². The maximum Gasteiger partial charge on any atom is 0.405 e. The highest BCUT2D eigenvalue weighted by molar-refractivity contribution is 5.66. The smallest absolute Gasteiger partial charge is 0.405 e. The summed E-state index contributed by atoms with van der Waals surface area (Å²) in [5, 5.41) is 11.2. The first kappa shape index (κ1) is 12.2. The van der Waals surface area contributed by atoms with Gasteiger partial charge in [0.05, 0.1) is 11.2 Å².